The van der Waals surface area contributed by atoms with Crippen LogP contribution < -0.4 is 20.2 Å². The van der Waals surface area contributed by atoms with Crippen LogP contribution in [-0.2, 0) is 4.79 Å². The van der Waals surface area contributed by atoms with Crippen molar-refractivity contribution in [3.63, 3.8) is 0 Å². The van der Waals surface area contributed by atoms with E-state index in [2.05, 4.69) is 5.32 Å². The van der Waals surface area contributed by atoms with E-state index in [1.54, 1.807) is 49.6 Å². The average molecular weight is 403 g/mol. The Bertz CT molecular complexity index is 1310. The van der Waals surface area contributed by atoms with Crippen molar-refractivity contribution in [1.29, 1.82) is 0 Å². The Kier molecular flexibility index (Phi) is 5.14. The van der Waals surface area contributed by atoms with Crippen LogP contribution in [0.3, 0.4) is 0 Å². The monoisotopic (exact) mass is 403 g/mol. The van der Waals surface area contributed by atoms with Gasteiger partial charge in [-0.15, -0.1) is 0 Å². The van der Waals surface area contributed by atoms with Crippen LogP contribution >= 0.6 is 0 Å². The van der Waals surface area contributed by atoms with Gasteiger partial charge in [-0.1, -0.05) is 6.07 Å². The van der Waals surface area contributed by atoms with Gasteiger partial charge in [0.25, 0.3) is 5.91 Å². The Morgan fingerprint density at radius 2 is 1.70 bits per heavy atom. The number of carbonyl (C=O) groups is 1. The molecule has 1 heterocycles. The minimum atomic E-state index is -0.319. The fourth-order valence-electron chi connectivity index (χ4n) is 3.40. The Hall–Kier alpha value is -3.80. The maximum absolute atomic E-state index is 12.9. The first-order valence-corrected chi connectivity index (χ1v) is 9.49. The molecule has 0 aliphatic heterocycles. The zero-order chi connectivity index (χ0) is 21.3. The molecule has 0 saturated carbocycles. The Labute approximate surface area is 173 Å². The summed E-state index contributed by atoms with van der Waals surface area (Å²) < 4.78 is 16.6. The molecule has 0 unspecified atom stereocenters. The molecule has 0 saturated heterocycles. The van der Waals surface area contributed by atoms with E-state index in [-0.39, 0.29) is 17.9 Å². The van der Waals surface area contributed by atoms with Gasteiger partial charge in [0.1, 0.15) is 22.7 Å². The zero-order valence-corrected chi connectivity index (χ0v) is 16.9. The molecule has 0 aliphatic carbocycles. The summed E-state index contributed by atoms with van der Waals surface area (Å²) >= 11 is 0. The van der Waals surface area contributed by atoms with Crippen LogP contribution in [0, 0.1) is 13.8 Å². The van der Waals surface area contributed by atoms with Crippen molar-refractivity contribution in [2.45, 2.75) is 13.8 Å². The minimum Gasteiger partial charge on any atom is -0.497 e. The number of anilines is 1. The summed E-state index contributed by atoms with van der Waals surface area (Å²) in [7, 11) is 1.58. The van der Waals surface area contributed by atoms with Crippen molar-refractivity contribution in [3.8, 4) is 11.5 Å². The predicted octanol–water partition coefficient (Wildman–Crippen LogP) is 4.59. The molecule has 0 spiro atoms. The summed E-state index contributed by atoms with van der Waals surface area (Å²) in [6.07, 6.45) is 0. The number of carbonyl (C=O) groups excluding carboxylic acids is 1. The van der Waals surface area contributed by atoms with E-state index in [0.29, 0.717) is 39.1 Å². The molecule has 1 amide bonds. The summed E-state index contributed by atoms with van der Waals surface area (Å²) in [4.78, 5) is 25.1. The zero-order valence-electron chi connectivity index (χ0n) is 16.9. The van der Waals surface area contributed by atoms with Crippen molar-refractivity contribution >= 4 is 33.5 Å². The van der Waals surface area contributed by atoms with Gasteiger partial charge in [0.05, 0.1) is 17.9 Å². The van der Waals surface area contributed by atoms with Crippen LogP contribution in [0.25, 0.3) is 21.9 Å². The topological polar surface area (TPSA) is 77.8 Å². The van der Waals surface area contributed by atoms with E-state index >= 15 is 0 Å². The number of benzene rings is 3. The Balaban J connectivity index is 1.54. The third-order valence-electron chi connectivity index (χ3n) is 4.81. The molecule has 4 rings (SSSR count). The highest BCUT2D eigenvalue weighted by atomic mass is 16.5. The lowest BCUT2D eigenvalue weighted by Crippen LogP contribution is -2.20. The fourth-order valence-corrected chi connectivity index (χ4v) is 3.40. The van der Waals surface area contributed by atoms with E-state index in [1.807, 2.05) is 26.0 Å². The molecule has 6 nitrogen and oxygen atoms in total. The second kappa shape index (κ2) is 7.91. The largest absolute Gasteiger partial charge is 0.497 e. The van der Waals surface area contributed by atoms with Gasteiger partial charge in [-0.2, -0.15) is 0 Å². The number of nitrogens with one attached hydrogen (secondary N) is 1. The first kappa shape index (κ1) is 19.5. The van der Waals surface area contributed by atoms with E-state index in [1.165, 1.54) is 0 Å². The van der Waals surface area contributed by atoms with E-state index < -0.39 is 0 Å². The molecule has 3 aromatic carbocycles. The fraction of sp³-hybridized carbons (Fsp3) is 0.167. The molecule has 152 valence electrons. The second-order valence-corrected chi connectivity index (χ2v) is 7.11. The third kappa shape index (κ3) is 3.85. The van der Waals surface area contributed by atoms with Crippen LogP contribution in [-0.4, -0.2) is 19.6 Å². The van der Waals surface area contributed by atoms with Crippen molar-refractivity contribution in [1.82, 2.24) is 0 Å². The predicted molar refractivity (Wildman–Crippen MR) is 117 cm³/mol. The minimum absolute atomic E-state index is 0.0845. The van der Waals surface area contributed by atoms with Gasteiger partial charge in [-0.05, 0) is 67.4 Å². The number of hydrogen-bond donors (Lipinski definition) is 1. The second-order valence-electron chi connectivity index (χ2n) is 7.11. The highest BCUT2D eigenvalue weighted by molar-refractivity contribution is 5.96. The first-order chi connectivity index (χ1) is 14.4. The lowest BCUT2D eigenvalue weighted by atomic mass is 10.1. The molecule has 30 heavy (non-hydrogen) atoms. The number of hydrogen-bond acceptors (Lipinski definition) is 5. The lowest BCUT2D eigenvalue weighted by Gasteiger charge is -2.09. The summed E-state index contributed by atoms with van der Waals surface area (Å²) in [6.45, 7) is 3.71. The number of aryl methyl sites for hydroxylation is 2. The maximum Gasteiger partial charge on any atom is 0.262 e. The van der Waals surface area contributed by atoms with Gasteiger partial charge in [0.2, 0.25) is 5.43 Å². The molecule has 1 aromatic heterocycles. The standard InChI is InChI=1S/C24H21NO5/c1-14-10-15(2)24-20(11-14)23(27)19-9-4-16(12-21(19)30-24)25-22(26)13-29-18-7-5-17(28-3)6-8-18/h4-12H,13H2,1-3H3,(H,25,26). The Morgan fingerprint density at radius 1 is 0.967 bits per heavy atom. The summed E-state index contributed by atoms with van der Waals surface area (Å²) in [6, 6.07) is 15.8. The lowest BCUT2D eigenvalue weighted by molar-refractivity contribution is -0.118. The van der Waals surface area contributed by atoms with E-state index in [4.69, 9.17) is 13.9 Å². The van der Waals surface area contributed by atoms with Gasteiger partial charge in [-0.3, -0.25) is 9.59 Å². The van der Waals surface area contributed by atoms with E-state index in [0.717, 1.165) is 11.1 Å². The molecule has 0 fully saturated rings. The smallest absolute Gasteiger partial charge is 0.262 e. The normalized spacial score (nSPS) is 10.9. The molecule has 6 heteroatoms. The summed E-state index contributed by atoms with van der Waals surface area (Å²) in [5.74, 6) is 0.954. The average Bonchev–Trinajstić information content (AvgIpc) is 2.73. The van der Waals surface area contributed by atoms with Crippen LogP contribution in [0.1, 0.15) is 11.1 Å². The summed E-state index contributed by atoms with van der Waals surface area (Å²) in [5.41, 5.74) is 3.33. The van der Waals surface area contributed by atoms with Gasteiger partial charge < -0.3 is 19.2 Å². The number of methoxy groups -OCH3 is 1. The molecule has 0 atom stereocenters. The van der Waals surface area contributed by atoms with Crippen molar-refractivity contribution in [2.24, 2.45) is 0 Å². The van der Waals surface area contributed by atoms with Gasteiger partial charge >= 0.3 is 0 Å². The SMILES string of the molecule is COc1ccc(OCC(=O)Nc2ccc3c(=O)c4cc(C)cc(C)c4oc3c2)cc1. The van der Waals surface area contributed by atoms with Crippen LogP contribution in [0.15, 0.2) is 63.8 Å². The molecule has 0 radical (unpaired) electrons. The Morgan fingerprint density at radius 3 is 2.43 bits per heavy atom. The molecule has 0 aliphatic rings. The number of ether oxygens (including phenoxy) is 2. The number of rotatable bonds is 5. The summed E-state index contributed by atoms with van der Waals surface area (Å²) in [5, 5.41) is 3.80. The molecular formula is C24H21NO5. The van der Waals surface area contributed by atoms with Crippen LogP contribution in [0.5, 0.6) is 11.5 Å². The highest BCUT2D eigenvalue weighted by Gasteiger charge is 2.12. The van der Waals surface area contributed by atoms with E-state index in [9.17, 15) is 9.59 Å². The molecule has 0 bridgehead atoms. The van der Waals surface area contributed by atoms with Crippen molar-refractivity contribution < 1.29 is 18.7 Å². The highest BCUT2D eigenvalue weighted by Crippen LogP contribution is 2.25. The van der Waals surface area contributed by atoms with Crippen molar-refractivity contribution in [3.05, 3.63) is 75.9 Å². The van der Waals surface area contributed by atoms with Crippen LogP contribution in [0.2, 0.25) is 0 Å². The maximum atomic E-state index is 12.9. The van der Waals surface area contributed by atoms with Crippen LogP contribution in [0.4, 0.5) is 5.69 Å². The first-order valence-electron chi connectivity index (χ1n) is 9.49. The number of amides is 1. The number of fused-ring (bicyclic) bond motifs is 2. The third-order valence-corrected chi connectivity index (χ3v) is 4.81. The van der Waals surface area contributed by atoms with Crippen molar-refractivity contribution in [2.75, 3.05) is 19.0 Å². The molecular weight excluding hydrogens is 382 g/mol. The quantitative estimate of drug-likeness (QED) is 0.493. The molecule has 4 aromatic rings. The van der Waals surface area contributed by atoms with Gasteiger partial charge in [-0.25, -0.2) is 0 Å². The van der Waals surface area contributed by atoms with Gasteiger partial charge in [0.15, 0.2) is 6.61 Å². The van der Waals surface area contributed by atoms with Gasteiger partial charge in [0, 0.05) is 11.8 Å². The molecule has 1 N–H and O–H groups in total.